The van der Waals surface area contributed by atoms with Crippen molar-refractivity contribution in [1.29, 1.82) is 0 Å². The van der Waals surface area contributed by atoms with E-state index >= 15 is 0 Å². The highest BCUT2D eigenvalue weighted by molar-refractivity contribution is 14.0. The van der Waals surface area contributed by atoms with Crippen molar-refractivity contribution in [2.24, 2.45) is 4.99 Å². The summed E-state index contributed by atoms with van der Waals surface area (Å²) in [7, 11) is 1.76. The summed E-state index contributed by atoms with van der Waals surface area (Å²) < 4.78 is 13.7. The van der Waals surface area contributed by atoms with Crippen molar-refractivity contribution in [2.45, 2.75) is 53.3 Å². The highest BCUT2D eigenvalue weighted by atomic mass is 127. The Balaban J connectivity index is 0.00000324. The summed E-state index contributed by atoms with van der Waals surface area (Å²) in [6, 6.07) is 10.2. The van der Waals surface area contributed by atoms with Crippen molar-refractivity contribution < 1.29 is 9.47 Å². The highest BCUT2D eigenvalue weighted by Crippen LogP contribution is 2.35. The SMILES string of the molecule is CCOc1cc2c(cc1CNC(=NC)NCc1ccc(-n3nc(C)cc3C)nc1)OC(C)C2.I. The molecule has 8 nitrogen and oxygen atoms in total. The average molecular weight is 576 g/mol. The van der Waals surface area contributed by atoms with Crippen molar-refractivity contribution in [1.82, 2.24) is 25.4 Å². The van der Waals surface area contributed by atoms with E-state index in [0.29, 0.717) is 25.7 Å². The molecule has 1 aliphatic rings. The largest absolute Gasteiger partial charge is 0.494 e. The molecule has 0 fully saturated rings. The lowest BCUT2D eigenvalue weighted by molar-refractivity contribution is 0.254. The first-order valence-corrected chi connectivity index (χ1v) is 11.3. The average Bonchev–Trinajstić information content (AvgIpc) is 3.33. The third-order valence-electron chi connectivity index (χ3n) is 5.54. The molecule has 0 saturated heterocycles. The van der Waals surface area contributed by atoms with Gasteiger partial charge in [-0.2, -0.15) is 5.10 Å². The summed E-state index contributed by atoms with van der Waals surface area (Å²) in [5.41, 5.74) is 5.34. The predicted octanol–water partition coefficient (Wildman–Crippen LogP) is 4.09. The number of halogens is 1. The summed E-state index contributed by atoms with van der Waals surface area (Å²) in [6.45, 7) is 9.89. The number of aliphatic imine (C=N–C) groups is 1. The van der Waals surface area contributed by atoms with Crippen molar-refractivity contribution in [3.8, 4) is 17.3 Å². The number of benzene rings is 1. The number of fused-ring (bicyclic) bond motifs is 1. The minimum atomic E-state index is 0. The van der Waals surface area contributed by atoms with Gasteiger partial charge in [0.05, 0.1) is 12.3 Å². The summed E-state index contributed by atoms with van der Waals surface area (Å²) in [5, 5.41) is 11.2. The Hall–Kier alpha value is -2.82. The molecule has 0 saturated carbocycles. The monoisotopic (exact) mass is 576 g/mol. The summed E-state index contributed by atoms with van der Waals surface area (Å²) in [5.74, 6) is 3.35. The predicted molar refractivity (Wildman–Crippen MR) is 145 cm³/mol. The normalized spacial score (nSPS) is 14.7. The van der Waals surface area contributed by atoms with Gasteiger partial charge in [-0.15, -0.1) is 24.0 Å². The van der Waals surface area contributed by atoms with Crippen LogP contribution in [0.4, 0.5) is 0 Å². The van der Waals surface area contributed by atoms with Crippen LogP contribution in [-0.2, 0) is 19.5 Å². The first-order chi connectivity index (χ1) is 16.0. The fraction of sp³-hybridized carbons (Fsp3) is 0.400. The zero-order valence-corrected chi connectivity index (χ0v) is 22.7. The van der Waals surface area contributed by atoms with Gasteiger partial charge in [-0.3, -0.25) is 4.99 Å². The summed E-state index contributed by atoms with van der Waals surface area (Å²) in [6.07, 6.45) is 2.98. The number of hydrogen-bond donors (Lipinski definition) is 2. The molecular weight excluding hydrogens is 543 g/mol. The second-order valence-corrected chi connectivity index (χ2v) is 8.28. The minimum Gasteiger partial charge on any atom is -0.494 e. The van der Waals surface area contributed by atoms with Crippen molar-refractivity contribution in [3.05, 3.63) is 64.6 Å². The van der Waals surface area contributed by atoms with E-state index in [9.17, 15) is 0 Å². The summed E-state index contributed by atoms with van der Waals surface area (Å²) >= 11 is 0. The molecule has 3 heterocycles. The lowest BCUT2D eigenvalue weighted by atomic mass is 10.1. The van der Waals surface area contributed by atoms with Gasteiger partial charge in [0.1, 0.15) is 17.6 Å². The van der Waals surface area contributed by atoms with Gasteiger partial charge in [-0.05, 0) is 57.5 Å². The lowest BCUT2D eigenvalue weighted by Gasteiger charge is -2.16. The third kappa shape index (κ3) is 5.99. The van der Waals surface area contributed by atoms with Gasteiger partial charge in [0, 0.05) is 49.6 Å². The molecule has 0 radical (unpaired) electrons. The number of rotatable bonds is 7. The van der Waals surface area contributed by atoms with Gasteiger partial charge >= 0.3 is 0 Å². The van der Waals surface area contributed by atoms with Gasteiger partial charge in [-0.25, -0.2) is 9.67 Å². The maximum absolute atomic E-state index is 5.93. The Morgan fingerprint density at radius 2 is 2.00 bits per heavy atom. The fourth-order valence-electron chi connectivity index (χ4n) is 4.00. The number of aromatic nitrogens is 3. The minimum absolute atomic E-state index is 0. The van der Waals surface area contributed by atoms with E-state index in [2.05, 4.69) is 44.8 Å². The van der Waals surface area contributed by atoms with Crippen LogP contribution in [0, 0.1) is 13.8 Å². The van der Waals surface area contributed by atoms with E-state index in [-0.39, 0.29) is 30.1 Å². The molecule has 34 heavy (non-hydrogen) atoms. The van der Waals surface area contributed by atoms with Crippen LogP contribution in [0.5, 0.6) is 11.5 Å². The molecule has 0 aliphatic carbocycles. The number of aryl methyl sites for hydroxylation is 2. The maximum atomic E-state index is 5.93. The molecule has 0 spiro atoms. The molecule has 0 bridgehead atoms. The van der Waals surface area contributed by atoms with E-state index in [1.165, 1.54) is 5.56 Å². The quantitative estimate of drug-likeness (QED) is 0.251. The molecule has 3 aromatic rings. The number of hydrogen-bond acceptors (Lipinski definition) is 5. The Labute approximate surface area is 218 Å². The van der Waals surface area contributed by atoms with Crippen LogP contribution in [0.3, 0.4) is 0 Å². The third-order valence-corrected chi connectivity index (χ3v) is 5.54. The maximum Gasteiger partial charge on any atom is 0.191 e. The number of guanidine groups is 1. The lowest BCUT2D eigenvalue weighted by Crippen LogP contribution is -2.36. The molecule has 9 heteroatoms. The number of nitrogens with zero attached hydrogens (tertiary/aromatic N) is 4. The van der Waals surface area contributed by atoms with E-state index in [1.54, 1.807) is 7.05 Å². The molecule has 2 aromatic heterocycles. The van der Waals surface area contributed by atoms with Crippen LogP contribution in [0.25, 0.3) is 5.82 Å². The van der Waals surface area contributed by atoms with E-state index in [1.807, 2.05) is 49.8 Å². The van der Waals surface area contributed by atoms with E-state index < -0.39 is 0 Å². The second kappa shape index (κ2) is 11.5. The number of nitrogens with one attached hydrogen (secondary N) is 2. The molecule has 0 amide bonds. The smallest absolute Gasteiger partial charge is 0.191 e. The number of pyridine rings is 1. The Kier molecular flexibility index (Phi) is 8.76. The van der Waals surface area contributed by atoms with Crippen LogP contribution >= 0.6 is 24.0 Å². The van der Waals surface area contributed by atoms with Gasteiger partial charge in [0.25, 0.3) is 0 Å². The van der Waals surface area contributed by atoms with E-state index in [4.69, 9.17) is 9.47 Å². The fourth-order valence-corrected chi connectivity index (χ4v) is 4.00. The van der Waals surface area contributed by atoms with Crippen LogP contribution in [0.1, 0.15) is 41.9 Å². The van der Waals surface area contributed by atoms with Crippen LogP contribution in [0.15, 0.2) is 41.5 Å². The molecule has 1 atom stereocenters. The van der Waals surface area contributed by atoms with Gasteiger partial charge < -0.3 is 20.1 Å². The molecule has 2 N–H and O–H groups in total. The molecule has 1 unspecified atom stereocenters. The van der Waals surface area contributed by atoms with Gasteiger partial charge in [0.2, 0.25) is 0 Å². The second-order valence-electron chi connectivity index (χ2n) is 8.28. The van der Waals surface area contributed by atoms with Crippen molar-refractivity contribution in [3.63, 3.8) is 0 Å². The first kappa shape index (κ1) is 25.8. The molecule has 1 aromatic carbocycles. The zero-order valence-electron chi connectivity index (χ0n) is 20.4. The van der Waals surface area contributed by atoms with Crippen LogP contribution in [0.2, 0.25) is 0 Å². The molecule has 182 valence electrons. The van der Waals surface area contributed by atoms with Crippen LogP contribution < -0.4 is 20.1 Å². The van der Waals surface area contributed by atoms with Crippen LogP contribution in [-0.4, -0.2) is 40.5 Å². The first-order valence-electron chi connectivity index (χ1n) is 11.3. The summed E-state index contributed by atoms with van der Waals surface area (Å²) in [4.78, 5) is 8.91. The highest BCUT2D eigenvalue weighted by Gasteiger charge is 2.22. The molecule has 1 aliphatic heterocycles. The number of ether oxygens (including phenoxy) is 2. The Morgan fingerprint density at radius 1 is 1.21 bits per heavy atom. The standard InChI is InChI=1S/C25H32N6O2.HI/c1-6-32-22-11-20-10-18(4)33-23(20)12-21(22)15-29-25(26-5)28-14-19-7-8-24(27-13-19)31-17(3)9-16(2)30-31;/h7-9,11-13,18H,6,10,14-15H2,1-5H3,(H2,26,28,29);1H. The van der Waals surface area contributed by atoms with Gasteiger partial charge in [0.15, 0.2) is 11.8 Å². The van der Waals surface area contributed by atoms with Gasteiger partial charge in [-0.1, -0.05) is 6.07 Å². The molecule has 4 rings (SSSR count). The Morgan fingerprint density at radius 3 is 2.65 bits per heavy atom. The Bertz CT molecular complexity index is 1140. The molecular formula is C25H33IN6O2. The van der Waals surface area contributed by atoms with E-state index in [0.717, 1.165) is 46.3 Å². The zero-order chi connectivity index (χ0) is 23.4. The van der Waals surface area contributed by atoms with Crippen molar-refractivity contribution >= 4 is 29.9 Å². The topological polar surface area (TPSA) is 85.6 Å². The van der Waals surface area contributed by atoms with Crippen molar-refractivity contribution in [2.75, 3.05) is 13.7 Å².